The van der Waals surface area contributed by atoms with Gasteiger partial charge in [-0.15, -0.1) is 0 Å². The van der Waals surface area contributed by atoms with Crippen LogP contribution in [-0.4, -0.2) is 37.7 Å². The highest BCUT2D eigenvalue weighted by Crippen LogP contribution is 2.06. The van der Waals surface area contributed by atoms with Crippen molar-refractivity contribution in [1.29, 1.82) is 0 Å². The van der Waals surface area contributed by atoms with Crippen molar-refractivity contribution in [3.8, 4) is 0 Å². The van der Waals surface area contributed by atoms with Crippen LogP contribution < -0.4 is 5.48 Å². The number of likely N-dealkylation sites (tertiary alicyclic amines) is 1. The molecule has 0 aromatic heterocycles. The molecular weight excluding hydrogens is 152 g/mol. The summed E-state index contributed by atoms with van der Waals surface area (Å²) in [5.41, 5.74) is 2.93. The summed E-state index contributed by atoms with van der Waals surface area (Å²) in [7, 11) is 0. The van der Waals surface area contributed by atoms with Crippen LogP contribution in [0.2, 0.25) is 0 Å². The van der Waals surface area contributed by atoms with Gasteiger partial charge >= 0.3 is 0 Å². The van der Waals surface area contributed by atoms with Gasteiger partial charge in [0.2, 0.25) is 0 Å². The van der Waals surface area contributed by atoms with Crippen molar-refractivity contribution in [2.45, 2.75) is 26.2 Å². The zero-order valence-electron chi connectivity index (χ0n) is 8.01. The lowest BCUT2D eigenvalue weighted by molar-refractivity contribution is 0.0490. The Kier molecular flexibility index (Phi) is 5.32. The van der Waals surface area contributed by atoms with E-state index in [0.29, 0.717) is 0 Å². The van der Waals surface area contributed by atoms with Crippen molar-refractivity contribution in [2.24, 2.45) is 0 Å². The van der Waals surface area contributed by atoms with Crippen LogP contribution in [0.15, 0.2) is 0 Å². The summed E-state index contributed by atoms with van der Waals surface area (Å²) >= 11 is 0. The first-order valence-corrected chi connectivity index (χ1v) is 5.00. The Morgan fingerprint density at radius 3 is 2.75 bits per heavy atom. The molecule has 0 amide bonds. The van der Waals surface area contributed by atoms with Crippen LogP contribution >= 0.6 is 0 Å². The highest BCUT2D eigenvalue weighted by molar-refractivity contribution is 4.65. The molecule has 0 aliphatic carbocycles. The van der Waals surface area contributed by atoms with E-state index in [1.54, 1.807) is 0 Å². The number of nitrogens with zero attached hydrogens (tertiary/aromatic N) is 1. The minimum Gasteiger partial charge on any atom is -0.303 e. The monoisotopic (exact) mass is 172 g/mol. The molecule has 1 fully saturated rings. The Morgan fingerprint density at radius 2 is 2.08 bits per heavy atom. The molecule has 1 N–H and O–H groups in total. The first-order valence-electron chi connectivity index (χ1n) is 5.00. The number of hydrogen-bond acceptors (Lipinski definition) is 3. The van der Waals surface area contributed by atoms with Gasteiger partial charge in [-0.05, 0) is 45.8 Å². The first kappa shape index (κ1) is 9.96. The van der Waals surface area contributed by atoms with E-state index >= 15 is 0 Å². The zero-order valence-corrected chi connectivity index (χ0v) is 8.01. The van der Waals surface area contributed by atoms with Gasteiger partial charge in [-0.2, -0.15) is 0 Å². The van der Waals surface area contributed by atoms with E-state index in [0.717, 1.165) is 13.2 Å². The molecular formula is C9H20N2O. The van der Waals surface area contributed by atoms with E-state index in [-0.39, 0.29) is 0 Å². The van der Waals surface area contributed by atoms with Crippen LogP contribution in [0.3, 0.4) is 0 Å². The van der Waals surface area contributed by atoms with Gasteiger partial charge in [0.1, 0.15) is 0 Å². The van der Waals surface area contributed by atoms with Crippen molar-refractivity contribution in [3.63, 3.8) is 0 Å². The molecule has 12 heavy (non-hydrogen) atoms. The molecule has 1 saturated heterocycles. The third-order valence-corrected chi connectivity index (χ3v) is 2.20. The molecule has 0 aromatic carbocycles. The van der Waals surface area contributed by atoms with Crippen LogP contribution in [0.4, 0.5) is 0 Å². The lowest BCUT2D eigenvalue weighted by atomic mass is 10.4. The van der Waals surface area contributed by atoms with Gasteiger partial charge in [-0.3, -0.25) is 0 Å². The molecule has 0 bridgehead atoms. The average Bonchev–Trinajstić information content (AvgIpc) is 2.57. The van der Waals surface area contributed by atoms with Crippen LogP contribution in [0.25, 0.3) is 0 Å². The second-order valence-electron chi connectivity index (χ2n) is 3.23. The van der Waals surface area contributed by atoms with Gasteiger partial charge in [-0.1, -0.05) is 0 Å². The van der Waals surface area contributed by atoms with E-state index in [4.69, 9.17) is 4.84 Å². The first-order chi connectivity index (χ1) is 5.93. The molecule has 1 aliphatic rings. The quantitative estimate of drug-likeness (QED) is 0.478. The number of rotatable bonds is 6. The molecule has 1 rings (SSSR count). The summed E-state index contributed by atoms with van der Waals surface area (Å²) in [5.74, 6) is 0. The molecule has 0 saturated carbocycles. The van der Waals surface area contributed by atoms with E-state index in [1.807, 2.05) is 6.92 Å². The predicted molar refractivity (Wildman–Crippen MR) is 49.9 cm³/mol. The van der Waals surface area contributed by atoms with Gasteiger partial charge in [0.25, 0.3) is 0 Å². The molecule has 3 nitrogen and oxygen atoms in total. The summed E-state index contributed by atoms with van der Waals surface area (Å²) in [4.78, 5) is 7.55. The third-order valence-electron chi connectivity index (χ3n) is 2.20. The molecule has 0 aromatic rings. The largest absolute Gasteiger partial charge is 0.303 e. The lowest BCUT2D eigenvalue weighted by Gasteiger charge is -2.13. The Bertz CT molecular complexity index is 103. The molecule has 1 heterocycles. The smallest absolute Gasteiger partial charge is 0.0653 e. The van der Waals surface area contributed by atoms with Crippen molar-refractivity contribution < 1.29 is 4.84 Å². The van der Waals surface area contributed by atoms with E-state index in [1.165, 1.54) is 38.9 Å². The Labute approximate surface area is 75.0 Å². The maximum absolute atomic E-state index is 5.03. The van der Waals surface area contributed by atoms with Gasteiger partial charge in [0, 0.05) is 6.54 Å². The Hall–Kier alpha value is -0.120. The van der Waals surface area contributed by atoms with Crippen molar-refractivity contribution in [1.82, 2.24) is 10.4 Å². The third kappa shape index (κ3) is 4.04. The fourth-order valence-electron chi connectivity index (χ4n) is 1.56. The SMILES string of the molecule is CCONCCCN1CCCC1. The summed E-state index contributed by atoms with van der Waals surface area (Å²) in [5, 5.41) is 0. The molecule has 0 unspecified atom stereocenters. The Morgan fingerprint density at radius 1 is 1.33 bits per heavy atom. The van der Waals surface area contributed by atoms with Crippen molar-refractivity contribution >= 4 is 0 Å². The highest BCUT2D eigenvalue weighted by atomic mass is 16.6. The van der Waals surface area contributed by atoms with Crippen LogP contribution in [-0.2, 0) is 4.84 Å². The molecule has 72 valence electrons. The Balaban J connectivity index is 1.81. The minimum atomic E-state index is 0.754. The fourth-order valence-corrected chi connectivity index (χ4v) is 1.56. The second-order valence-corrected chi connectivity index (χ2v) is 3.23. The van der Waals surface area contributed by atoms with Gasteiger partial charge in [-0.25, -0.2) is 5.48 Å². The number of nitrogens with one attached hydrogen (secondary N) is 1. The summed E-state index contributed by atoms with van der Waals surface area (Å²) in [6, 6.07) is 0. The summed E-state index contributed by atoms with van der Waals surface area (Å²) in [6.07, 6.45) is 3.97. The molecule has 0 atom stereocenters. The number of hydroxylamine groups is 1. The standard InChI is InChI=1S/C9H20N2O/c1-2-12-10-6-5-9-11-7-3-4-8-11/h10H,2-9H2,1H3. The molecule has 0 radical (unpaired) electrons. The normalized spacial score (nSPS) is 18.8. The number of hydrogen-bond donors (Lipinski definition) is 1. The molecule has 3 heteroatoms. The highest BCUT2D eigenvalue weighted by Gasteiger charge is 2.09. The van der Waals surface area contributed by atoms with Crippen molar-refractivity contribution in [3.05, 3.63) is 0 Å². The topological polar surface area (TPSA) is 24.5 Å². The molecule has 1 aliphatic heterocycles. The summed E-state index contributed by atoms with van der Waals surface area (Å²) < 4.78 is 0. The molecule has 0 spiro atoms. The maximum atomic E-state index is 5.03. The van der Waals surface area contributed by atoms with Crippen LogP contribution in [0.5, 0.6) is 0 Å². The minimum absolute atomic E-state index is 0.754. The maximum Gasteiger partial charge on any atom is 0.0653 e. The van der Waals surface area contributed by atoms with Gasteiger partial charge in [0.15, 0.2) is 0 Å². The lowest BCUT2D eigenvalue weighted by Crippen LogP contribution is -2.24. The summed E-state index contributed by atoms with van der Waals surface area (Å²) in [6.45, 7) is 7.55. The second kappa shape index (κ2) is 6.40. The van der Waals surface area contributed by atoms with E-state index in [2.05, 4.69) is 10.4 Å². The zero-order chi connectivity index (χ0) is 8.65. The van der Waals surface area contributed by atoms with Gasteiger partial charge < -0.3 is 9.74 Å². The van der Waals surface area contributed by atoms with Crippen LogP contribution in [0.1, 0.15) is 26.2 Å². The van der Waals surface area contributed by atoms with E-state index in [9.17, 15) is 0 Å². The fraction of sp³-hybridized carbons (Fsp3) is 1.00. The van der Waals surface area contributed by atoms with E-state index < -0.39 is 0 Å². The predicted octanol–water partition coefficient (Wildman–Crippen LogP) is 1.01. The van der Waals surface area contributed by atoms with Gasteiger partial charge in [0.05, 0.1) is 6.61 Å². The van der Waals surface area contributed by atoms with Crippen LogP contribution in [0, 0.1) is 0 Å². The van der Waals surface area contributed by atoms with Crippen molar-refractivity contribution in [2.75, 3.05) is 32.8 Å². The average molecular weight is 172 g/mol.